The van der Waals surface area contributed by atoms with Gasteiger partial charge in [-0.2, -0.15) is 0 Å². The minimum Gasteiger partial charge on any atom is -0.322 e. The van der Waals surface area contributed by atoms with Crippen LogP contribution in [0.4, 0.5) is 5.69 Å². The fourth-order valence-corrected chi connectivity index (χ4v) is 3.17. The largest absolute Gasteiger partial charge is 0.322 e. The fourth-order valence-electron chi connectivity index (χ4n) is 2.54. The molecule has 0 saturated carbocycles. The van der Waals surface area contributed by atoms with E-state index in [2.05, 4.69) is 40.1 Å². The maximum atomic E-state index is 12.8. The van der Waals surface area contributed by atoms with Crippen molar-refractivity contribution < 1.29 is 4.79 Å². The Kier molecular flexibility index (Phi) is 6.56. The lowest BCUT2D eigenvalue weighted by Crippen LogP contribution is -2.18. The molecule has 1 N–H and O–H groups in total. The molecule has 0 unspecified atom stereocenters. The Labute approximate surface area is 154 Å². The maximum Gasteiger partial charge on any atom is 0.260 e. The summed E-state index contributed by atoms with van der Waals surface area (Å²) in [4.78, 5) is 24.0. The number of nitrogens with one attached hydrogen (secondary N) is 1. The van der Waals surface area contributed by atoms with Crippen LogP contribution in [-0.4, -0.2) is 41.1 Å². The number of hydrogen-bond donors (Lipinski definition) is 1. The highest BCUT2D eigenvalue weighted by Crippen LogP contribution is 2.24. The Morgan fingerprint density at radius 1 is 1.28 bits per heavy atom. The Morgan fingerprint density at radius 2 is 2.00 bits per heavy atom. The number of nitrogens with zero attached hydrogens (tertiary/aromatic N) is 3. The Bertz CT molecular complexity index is 759. The van der Waals surface area contributed by atoms with E-state index in [1.54, 1.807) is 0 Å². The van der Waals surface area contributed by atoms with Crippen LogP contribution >= 0.6 is 11.8 Å². The van der Waals surface area contributed by atoms with Gasteiger partial charge in [-0.1, -0.05) is 26.0 Å². The Morgan fingerprint density at radius 3 is 2.60 bits per heavy atom. The standard InChI is InChI=1S/C19H26N4OS/c1-12(2)17-20-13(3)16(19(22-17)25-6)18(24)21-15-9-7-8-14(10-15)11-23(4)5/h7-10,12H,11H2,1-6H3,(H,21,24). The molecule has 0 fully saturated rings. The molecule has 0 saturated heterocycles. The molecular weight excluding hydrogens is 332 g/mol. The molecule has 2 aromatic rings. The normalized spacial score (nSPS) is 11.2. The molecule has 134 valence electrons. The average Bonchev–Trinajstić information content (AvgIpc) is 2.53. The summed E-state index contributed by atoms with van der Waals surface area (Å²) in [5.74, 6) is 0.829. The van der Waals surface area contributed by atoms with Gasteiger partial charge in [0.1, 0.15) is 10.9 Å². The molecule has 0 atom stereocenters. The van der Waals surface area contributed by atoms with Crippen molar-refractivity contribution in [2.75, 3.05) is 25.7 Å². The number of benzene rings is 1. The van der Waals surface area contributed by atoms with E-state index in [9.17, 15) is 4.79 Å². The predicted molar refractivity (Wildman–Crippen MR) is 104 cm³/mol. The molecule has 1 amide bonds. The lowest BCUT2D eigenvalue weighted by atomic mass is 10.1. The molecule has 6 heteroatoms. The van der Waals surface area contributed by atoms with Crippen LogP contribution in [-0.2, 0) is 6.54 Å². The highest BCUT2D eigenvalue weighted by molar-refractivity contribution is 7.98. The Hall–Kier alpha value is -1.92. The van der Waals surface area contributed by atoms with Crippen molar-refractivity contribution in [1.29, 1.82) is 0 Å². The number of anilines is 1. The molecule has 2 rings (SSSR count). The third-order valence-corrected chi connectivity index (χ3v) is 4.38. The highest BCUT2D eigenvalue weighted by atomic mass is 32.2. The lowest BCUT2D eigenvalue weighted by Gasteiger charge is -2.14. The Balaban J connectivity index is 2.29. The van der Waals surface area contributed by atoms with Gasteiger partial charge in [-0.15, -0.1) is 11.8 Å². The van der Waals surface area contributed by atoms with Crippen LogP contribution in [0.3, 0.4) is 0 Å². The third kappa shape index (κ3) is 5.03. The van der Waals surface area contributed by atoms with Crippen LogP contribution in [0.1, 0.15) is 47.2 Å². The molecule has 5 nitrogen and oxygen atoms in total. The van der Waals surface area contributed by atoms with Crippen LogP contribution < -0.4 is 5.32 Å². The number of rotatable bonds is 6. The summed E-state index contributed by atoms with van der Waals surface area (Å²) in [7, 11) is 4.04. The van der Waals surface area contributed by atoms with Crippen molar-refractivity contribution in [3.63, 3.8) is 0 Å². The van der Waals surface area contributed by atoms with E-state index in [0.29, 0.717) is 11.3 Å². The monoisotopic (exact) mass is 358 g/mol. The van der Waals surface area contributed by atoms with Gasteiger partial charge in [-0.3, -0.25) is 4.79 Å². The zero-order valence-electron chi connectivity index (χ0n) is 15.8. The summed E-state index contributed by atoms with van der Waals surface area (Å²) < 4.78 is 0. The molecule has 0 bridgehead atoms. The van der Waals surface area contributed by atoms with Gasteiger partial charge in [0.25, 0.3) is 5.91 Å². The summed E-state index contributed by atoms with van der Waals surface area (Å²) in [5, 5.41) is 3.71. The van der Waals surface area contributed by atoms with E-state index < -0.39 is 0 Å². The van der Waals surface area contributed by atoms with Gasteiger partial charge in [0.05, 0.1) is 11.3 Å². The topological polar surface area (TPSA) is 58.1 Å². The zero-order valence-corrected chi connectivity index (χ0v) is 16.6. The first kappa shape index (κ1) is 19.4. The van der Waals surface area contributed by atoms with Gasteiger partial charge in [0.2, 0.25) is 0 Å². The van der Waals surface area contributed by atoms with Crippen LogP contribution in [0.25, 0.3) is 0 Å². The summed E-state index contributed by atoms with van der Waals surface area (Å²) in [6.07, 6.45) is 1.93. The smallest absolute Gasteiger partial charge is 0.260 e. The zero-order chi connectivity index (χ0) is 18.6. The number of amides is 1. The van der Waals surface area contributed by atoms with Crippen LogP contribution in [0.2, 0.25) is 0 Å². The fraction of sp³-hybridized carbons (Fsp3) is 0.421. The van der Waals surface area contributed by atoms with Crippen molar-refractivity contribution in [3.05, 3.63) is 46.9 Å². The van der Waals surface area contributed by atoms with Crippen LogP contribution in [0.5, 0.6) is 0 Å². The summed E-state index contributed by atoms with van der Waals surface area (Å²) in [6, 6.07) is 7.90. The minimum atomic E-state index is -0.167. The highest BCUT2D eigenvalue weighted by Gasteiger charge is 2.19. The van der Waals surface area contributed by atoms with Gasteiger partial charge in [-0.05, 0) is 45.0 Å². The number of aryl methyl sites for hydroxylation is 1. The van der Waals surface area contributed by atoms with E-state index in [0.717, 1.165) is 28.6 Å². The molecular formula is C19H26N4OS. The van der Waals surface area contributed by atoms with E-state index >= 15 is 0 Å². The quantitative estimate of drug-likeness (QED) is 0.626. The van der Waals surface area contributed by atoms with Crippen molar-refractivity contribution in [1.82, 2.24) is 14.9 Å². The van der Waals surface area contributed by atoms with Crippen molar-refractivity contribution >= 4 is 23.4 Å². The summed E-state index contributed by atoms with van der Waals surface area (Å²) in [5.41, 5.74) is 3.19. The number of thioether (sulfide) groups is 1. The van der Waals surface area contributed by atoms with Crippen molar-refractivity contribution in [3.8, 4) is 0 Å². The van der Waals surface area contributed by atoms with E-state index in [4.69, 9.17) is 0 Å². The second kappa shape index (κ2) is 8.45. The summed E-state index contributed by atoms with van der Waals surface area (Å²) in [6.45, 7) is 6.79. The second-order valence-electron chi connectivity index (χ2n) is 6.60. The third-order valence-electron chi connectivity index (χ3n) is 3.69. The molecule has 0 aliphatic carbocycles. The lowest BCUT2D eigenvalue weighted by molar-refractivity contribution is 0.102. The number of hydrogen-bond acceptors (Lipinski definition) is 5. The van der Waals surface area contributed by atoms with Crippen molar-refractivity contribution in [2.24, 2.45) is 0 Å². The van der Waals surface area contributed by atoms with Crippen LogP contribution in [0.15, 0.2) is 29.3 Å². The molecule has 1 aromatic heterocycles. The van der Waals surface area contributed by atoms with E-state index in [1.807, 2.05) is 45.5 Å². The van der Waals surface area contributed by atoms with Gasteiger partial charge in [0.15, 0.2) is 0 Å². The molecule has 0 spiro atoms. The van der Waals surface area contributed by atoms with Crippen molar-refractivity contribution in [2.45, 2.75) is 38.3 Å². The van der Waals surface area contributed by atoms with Crippen LogP contribution in [0, 0.1) is 6.92 Å². The number of carbonyl (C=O) groups excluding carboxylic acids is 1. The number of aromatic nitrogens is 2. The number of carbonyl (C=O) groups is 1. The molecule has 0 aliphatic rings. The molecule has 0 radical (unpaired) electrons. The van der Waals surface area contributed by atoms with Gasteiger partial charge in [0, 0.05) is 18.2 Å². The first-order valence-corrected chi connectivity index (χ1v) is 9.51. The van der Waals surface area contributed by atoms with Gasteiger partial charge < -0.3 is 10.2 Å². The van der Waals surface area contributed by atoms with E-state index in [1.165, 1.54) is 11.8 Å². The first-order valence-electron chi connectivity index (χ1n) is 8.29. The van der Waals surface area contributed by atoms with Gasteiger partial charge >= 0.3 is 0 Å². The average molecular weight is 359 g/mol. The molecule has 25 heavy (non-hydrogen) atoms. The first-order chi connectivity index (χ1) is 11.8. The SMILES string of the molecule is CSc1nc(C(C)C)nc(C)c1C(=O)Nc1cccc(CN(C)C)c1. The predicted octanol–water partition coefficient (Wildman–Crippen LogP) is 3.94. The second-order valence-corrected chi connectivity index (χ2v) is 7.39. The van der Waals surface area contributed by atoms with Gasteiger partial charge in [-0.25, -0.2) is 9.97 Å². The van der Waals surface area contributed by atoms with E-state index in [-0.39, 0.29) is 11.8 Å². The maximum absolute atomic E-state index is 12.8. The minimum absolute atomic E-state index is 0.167. The molecule has 1 heterocycles. The summed E-state index contributed by atoms with van der Waals surface area (Å²) >= 11 is 1.47. The molecule has 0 aliphatic heterocycles. The molecule has 1 aromatic carbocycles.